The molecule has 3 nitrogen and oxygen atoms in total. The van der Waals surface area contributed by atoms with E-state index in [0.717, 1.165) is 6.42 Å². The highest BCUT2D eigenvalue weighted by Gasteiger charge is 2.62. The van der Waals surface area contributed by atoms with Gasteiger partial charge < -0.3 is 15.2 Å². The van der Waals surface area contributed by atoms with Crippen LogP contribution in [0.25, 0.3) is 0 Å². The lowest BCUT2D eigenvalue weighted by Crippen LogP contribution is -2.39. The molecule has 3 rings (SSSR count). The van der Waals surface area contributed by atoms with E-state index in [2.05, 4.69) is 20.8 Å². The molecule has 0 spiro atoms. The van der Waals surface area contributed by atoms with E-state index in [1.54, 1.807) is 6.07 Å². The molecule has 4 heteroatoms. The average Bonchev–Trinajstić information content (AvgIpc) is 2.75. The predicted octanol–water partition coefficient (Wildman–Crippen LogP) is 4.01. The van der Waals surface area contributed by atoms with Gasteiger partial charge in [-0.3, -0.25) is 0 Å². The Morgan fingerprint density at radius 1 is 1.24 bits per heavy atom. The Morgan fingerprint density at radius 3 is 2.48 bits per heavy atom. The van der Waals surface area contributed by atoms with Crippen molar-refractivity contribution in [2.45, 2.75) is 46.1 Å². The maximum atomic E-state index is 13.6. The van der Waals surface area contributed by atoms with Crippen LogP contribution in [0, 0.1) is 22.6 Å². The van der Waals surface area contributed by atoms with Gasteiger partial charge in [0.25, 0.3) is 0 Å². The Hall–Kier alpha value is -1.45. The molecule has 2 N–H and O–H groups in total. The average molecular weight is 293 g/mol. The summed E-state index contributed by atoms with van der Waals surface area (Å²) in [6, 6.07) is 2.84. The van der Waals surface area contributed by atoms with Gasteiger partial charge in [-0.25, -0.2) is 4.39 Å². The number of ether oxygens (including phenoxy) is 2. The Balaban J connectivity index is 1.89. The van der Waals surface area contributed by atoms with Crippen LogP contribution < -0.4 is 15.2 Å². The van der Waals surface area contributed by atoms with Gasteiger partial charge >= 0.3 is 0 Å². The zero-order valence-electron chi connectivity index (χ0n) is 13.2. The van der Waals surface area contributed by atoms with Crippen molar-refractivity contribution in [2.24, 2.45) is 16.7 Å². The molecular weight excluding hydrogens is 269 g/mol. The quantitative estimate of drug-likeness (QED) is 0.856. The Kier molecular flexibility index (Phi) is 3.12. The summed E-state index contributed by atoms with van der Waals surface area (Å²) < 4.78 is 24.9. The van der Waals surface area contributed by atoms with Gasteiger partial charge in [0.1, 0.15) is 11.9 Å². The smallest absolute Gasteiger partial charge is 0.167 e. The molecule has 21 heavy (non-hydrogen) atoms. The van der Waals surface area contributed by atoms with E-state index in [9.17, 15) is 4.39 Å². The lowest BCUT2D eigenvalue weighted by molar-refractivity contribution is 0.0305. The van der Waals surface area contributed by atoms with Crippen LogP contribution in [0.5, 0.6) is 11.5 Å². The van der Waals surface area contributed by atoms with Gasteiger partial charge in [-0.1, -0.05) is 20.8 Å². The van der Waals surface area contributed by atoms with E-state index in [1.807, 2.05) is 0 Å². The van der Waals surface area contributed by atoms with E-state index in [0.29, 0.717) is 17.4 Å². The van der Waals surface area contributed by atoms with Gasteiger partial charge in [-0.15, -0.1) is 0 Å². The summed E-state index contributed by atoms with van der Waals surface area (Å²) in [7, 11) is 1.44. The van der Waals surface area contributed by atoms with E-state index >= 15 is 0 Å². The largest absolute Gasteiger partial charge is 0.494 e. The van der Waals surface area contributed by atoms with Crippen molar-refractivity contribution in [1.29, 1.82) is 0 Å². The van der Waals surface area contributed by atoms with Crippen molar-refractivity contribution in [3.63, 3.8) is 0 Å². The van der Waals surface area contributed by atoms with Crippen LogP contribution in [0.4, 0.5) is 10.1 Å². The highest BCUT2D eigenvalue weighted by Crippen LogP contribution is 2.66. The number of rotatable bonds is 3. The molecule has 0 radical (unpaired) electrons. The van der Waals surface area contributed by atoms with E-state index in [1.165, 1.54) is 26.0 Å². The first-order valence-corrected chi connectivity index (χ1v) is 7.59. The molecule has 2 aliphatic rings. The van der Waals surface area contributed by atoms with Gasteiger partial charge in [-0.2, -0.15) is 0 Å². The number of halogens is 1. The first-order chi connectivity index (χ1) is 9.79. The fourth-order valence-corrected chi connectivity index (χ4v) is 4.27. The lowest BCUT2D eigenvalue weighted by Gasteiger charge is -2.39. The number of nitrogen functional groups attached to an aromatic ring is 1. The fourth-order valence-electron chi connectivity index (χ4n) is 4.27. The molecule has 0 saturated heterocycles. The molecule has 0 amide bonds. The molecular formula is C17H24FNO2. The maximum absolute atomic E-state index is 13.6. The molecule has 116 valence electrons. The summed E-state index contributed by atoms with van der Waals surface area (Å²) in [6.45, 7) is 6.98. The number of hydrogen-bond donors (Lipinski definition) is 1. The molecule has 2 aliphatic carbocycles. The van der Waals surface area contributed by atoms with Crippen LogP contribution in [0.2, 0.25) is 0 Å². The molecule has 2 fully saturated rings. The van der Waals surface area contributed by atoms with E-state index in [-0.39, 0.29) is 22.7 Å². The highest BCUT2D eigenvalue weighted by molar-refractivity contribution is 5.56. The molecule has 0 heterocycles. The van der Waals surface area contributed by atoms with E-state index < -0.39 is 5.82 Å². The van der Waals surface area contributed by atoms with Gasteiger partial charge in [0, 0.05) is 17.5 Å². The van der Waals surface area contributed by atoms with E-state index in [4.69, 9.17) is 15.2 Å². The Labute approximate surface area is 125 Å². The monoisotopic (exact) mass is 293 g/mol. The molecule has 3 atom stereocenters. The molecule has 0 aromatic heterocycles. The SMILES string of the molecule is COc1cc(OC2CC3CCC2(C)C3(C)C)c(N)cc1F. The summed E-state index contributed by atoms with van der Waals surface area (Å²) in [5.41, 5.74) is 6.66. The summed E-state index contributed by atoms with van der Waals surface area (Å²) in [6.07, 6.45) is 3.62. The first kappa shape index (κ1) is 14.5. The van der Waals surface area contributed by atoms with Crippen LogP contribution in [-0.2, 0) is 0 Å². The number of fused-ring (bicyclic) bond motifs is 2. The molecule has 2 bridgehead atoms. The third-order valence-corrected chi connectivity index (χ3v) is 6.27. The lowest BCUT2D eigenvalue weighted by atomic mass is 9.70. The van der Waals surface area contributed by atoms with Crippen molar-refractivity contribution >= 4 is 5.69 Å². The summed E-state index contributed by atoms with van der Waals surface area (Å²) in [4.78, 5) is 0. The second kappa shape index (κ2) is 4.52. The highest BCUT2D eigenvalue weighted by atomic mass is 19.1. The standard InChI is InChI=1S/C17H24FNO2/c1-16(2)10-5-6-17(16,3)15(7-10)21-14-9-13(20-4)11(18)8-12(14)19/h8-10,15H,5-7,19H2,1-4H3. The minimum Gasteiger partial charge on any atom is -0.494 e. The zero-order chi connectivity index (χ0) is 15.4. The fraction of sp³-hybridized carbons (Fsp3) is 0.647. The third-order valence-electron chi connectivity index (χ3n) is 6.27. The number of methoxy groups -OCH3 is 1. The molecule has 1 aromatic carbocycles. The number of benzene rings is 1. The number of hydrogen-bond acceptors (Lipinski definition) is 3. The van der Waals surface area contributed by atoms with Gasteiger partial charge in [0.05, 0.1) is 12.8 Å². The minimum absolute atomic E-state index is 0.128. The molecule has 0 aliphatic heterocycles. The van der Waals surface area contributed by atoms with Crippen molar-refractivity contribution in [3.05, 3.63) is 17.9 Å². The van der Waals surface area contributed by atoms with Crippen LogP contribution >= 0.6 is 0 Å². The van der Waals surface area contributed by atoms with Crippen LogP contribution in [0.3, 0.4) is 0 Å². The Bertz CT molecular complexity index is 572. The molecule has 3 unspecified atom stereocenters. The second-order valence-electron chi connectivity index (χ2n) is 7.24. The molecule has 1 aromatic rings. The maximum Gasteiger partial charge on any atom is 0.167 e. The van der Waals surface area contributed by atoms with Crippen molar-refractivity contribution in [3.8, 4) is 11.5 Å². The van der Waals surface area contributed by atoms with Crippen LogP contribution in [0.1, 0.15) is 40.0 Å². The van der Waals surface area contributed by atoms with Gasteiger partial charge in [0.15, 0.2) is 11.6 Å². The van der Waals surface area contributed by atoms with Crippen molar-refractivity contribution < 1.29 is 13.9 Å². The van der Waals surface area contributed by atoms with Gasteiger partial charge in [0.2, 0.25) is 0 Å². The summed E-state index contributed by atoms with van der Waals surface area (Å²) in [5.74, 6) is 0.937. The van der Waals surface area contributed by atoms with Crippen LogP contribution in [0.15, 0.2) is 12.1 Å². The summed E-state index contributed by atoms with van der Waals surface area (Å²) >= 11 is 0. The molecule has 2 saturated carbocycles. The zero-order valence-corrected chi connectivity index (χ0v) is 13.2. The summed E-state index contributed by atoms with van der Waals surface area (Å²) in [5, 5.41) is 0. The topological polar surface area (TPSA) is 44.5 Å². The van der Waals surface area contributed by atoms with Gasteiger partial charge in [-0.05, 0) is 30.6 Å². The second-order valence-corrected chi connectivity index (χ2v) is 7.24. The first-order valence-electron chi connectivity index (χ1n) is 7.59. The normalized spacial score (nSPS) is 33.2. The minimum atomic E-state index is -0.457. The predicted molar refractivity (Wildman–Crippen MR) is 81.0 cm³/mol. The van der Waals surface area contributed by atoms with Crippen molar-refractivity contribution in [1.82, 2.24) is 0 Å². The van der Waals surface area contributed by atoms with Crippen LogP contribution in [-0.4, -0.2) is 13.2 Å². The number of nitrogens with two attached hydrogens (primary N) is 1. The van der Waals surface area contributed by atoms with Crippen molar-refractivity contribution in [2.75, 3.05) is 12.8 Å². The third kappa shape index (κ3) is 1.91. The Morgan fingerprint density at radius 2 is 1.95 bits per heavy atom. The number of anilines is 1.